The molecule has 0 bridgehead atoms. The maximum absolute atomic E-state index is 9.08. The molecule has 0 amide bonds. The van der Waals surface area contributed by atoms with Crippen LogP contribution in [0, 0.1) is 0 Å². The van der Waals surface area contributed by atoms with E-state index in [2.05, 4.69) is 51.4 Å². The molecule has 0 aliphatic rings. The van der Waals surface area contributed by atoms with E-state index in [-0.39, 0.29) is 0 Å². The van der Waals surface area contributed by atoms with Gasteiger partial charge < -0.3 is 9.04 Å². The Morgan fingerprint density at radius 1 is 0.667 bits per heavy atom. The fraction of sp³-hybridized carbons (Fsp3) is 0.786. The molecule has 0 heterocycles. The number of hydrogen-bond acceptors (Lipinski definition) is 3. The minimum atomic E-state index is -3.92. The van der Waals surface area contributed by atoms with Crippen LogP contribution in [0.5, 0.6) is 0 Å². The third-order valence-corrected chi connectivity index (χ3v) is 6.07. The molecule has 194 valence electrons. The molecule has 0 saturated heterocycles. The van der Waals surface area contributed by atoms with Crippen LogP contribution in [0.3, 0.4) is 0 Å². The Morgan fingerprint density at radius 3 is 1.36 bits per heavy atom. The summed E-state index contributed by atoms with van der Waals surface area (Å²) in [6.45, 7) is 4.75. The first-order valence-corrected chi connectivity index (χ1v) is 15.2. The number of benzene rings is 1. The van der Waals surface area contributed by atoms with Crippen LogP contribution in [0.25, 0.3) is 0 Å². The quantitative estimate of drug-likeness (QED) is 0.115. The Labute approximate surface area is 206 Å². The third kappa shape index (κ3) is 27.2. The van der Waals surface area contributed by atoms with E-state index in [4.69, 9.17) is 13.0 Å². The van der Waals surface area contributed by atoms with Gasteiger partial charge >= 0.3 is 0 Å². The highest BCUT2D eigenvalue weighted by Gasteiger charge is 2.14. The smallest absolute Gasteiger partial charge is 0.104 e. The average molecular weight is 484 g/mol. The minimum absolute atomic E-state index is 0.604. The summed E-state index contributed by atoms with van der Waals surface area (Å²) in [4.78, 5) is 0. The lowest BCUT2D eigenvalue weighted by molar-refractivity contribution is -0.903. The molecule has 1 rings (SSSR count). The maximum Gasteiger partial charge on any atom is 0.104 e. The van der Waals surface area contributed by atoms with E-state index in [1.165, 1.54) is 115 Å². The van der Waals surface area contributed by atoms with Gasteiger partial charge in [-0.15, -0.1) is 0 Å². The number of nitrogens with zero attached hydrogens (tertiary/aromatic N) is 1. The van der Waals surface area contributed by atoms with Crippen LogP contribution in [0.15, 0.2) is 30.3 Å². The fourth-order valence-electron chi connectivity index (χ4n) is 4.24. The van der Waals surface area contributed by atoms with Gasteiger partial charge in [0.2, 0.25) is 0 Å². The molecule has 0 aromatic heterocycles. The van der Waals surface area contributed by atoms with Crippen molar-refractivity contribution in [2.45, 2.75) is 116 Å². The van der Waals surface area contributed by atoms with Crippen LogP contribution >= 0.6 is 0 Å². The van der Waals surface area contributed by atoms with Crippen molar-refractivity contribution in [3.8, 4) is 0 Å². The summed E-state index contributed by atoms with van der Waals surface area (Å²) in [7, 11) is 0.830. The van der Waals surface area contributed by atoms with Crippen molar-refractivity contribution in [1.82, 2.24) is 0 Å². The molecule has 0 saturated carbocycles. The molecule has 0 radical (unpaired) electrons. The van der Waals surface area contributed by atoms with Crippen LogP contribution in [-0.4, -0.2) is 44.3 Å². The van der Waals surface area contributed by atoms with Crippen molar-refractivity contribution in [1.29, 1.82) is 0 Å². The summed E-state index contributed by atoms with van der Waals surface area (Å²) in [5.41, 5.74) is 1.46. The number of quaternary nitrogens is 1. The van der Waals surface area contributed by atoms with Gasteiger partial charge in [0, 0.05) is 11.8 Å². The van der Waals surface area contributed by atoms with Crippen LogP contribution in [0.2, 0.25) is 0 Å². The molecule has 0 spiro atoms. The molecule has 5 heteroatoms. The summed E-state index contributed by atoms with van der Waals surface area (Å²) >= 11 is 0. The van der Waals surface area contributed by atoms with Gasteiger partial charge in [-0.05, 0) is 12.8 Å². The van der Waals surface area contributed by atoms with Gasteiger partial charge in [-0.3, -0.25) is 0 Å². The van der Waals surface area contributed by atoms with Crippen molar-refractivity contribution >= 4 is 10.1 Å². The summed E-state index contributed by atoms with van der Waals surface area (Å²) in [6.07, 6.45) is 23.8. The van der Waals surface area contributed by atoms with Crippen LogP contribution in [0.4, 0.5) is 0 Å². The fourth-order valence-corrected chi connectivity index (χ4v) is 4.24. The predicted molar refractivity (Wildman–Crippen MR) is 142 cm³/mol. The Balaban J connectivity index is 0.00000184. The molecule has 1 aromatic carbocycles. The van der Waals surface area contributed by atoms with Gasteiger partial charge in [-0.1, -0.05) is 127 Å². The molecule has 1 aromatic rings. The van der Waals surface area contributed by atoms with Gasteiger partial charge in [0.05, 0.1) is 30.8 Å². The van der Waals surface area contributed by atoms with Crippen molar-refractivity contribution in [2.24, 2.45) is 0 Å². The molecule has 0 aliphatic heterocycles. The largest absolute Gasteiger partial charge is 0.748 e. The van der Waals surface area contributed by atoms with Gasteiger partial charge in [0.25, 0.3) is 0 Å². The molecule has 0 aliphatic carbocycles. The summed E-state index contributed by atoms with van der Waals surface area (Å²) in [5, 5.41) is 0. The highest BCUT2D eigenvalue weighted by atomic mass is 32.2. The zero-order valence-electron chi connectivity index (χ0n) is 22.2. The third-order valence-electron chi connectivity index (χ3n) is 6.07. The van der Waals surface area contributed by atoms with Crippen LogP contribution in [-0.2, 0) is 16.7 Å². The molecule has 33 heavy (non-hydrogen) atoms. The van der Waals surface area contributed by atoms with Crippen molar-refractivity contribution < 1.29 is 17.5 Å². The van der Waals surface area contributed by atoms with Gasteiger partial charge in [0.15, 0.2) is 0 Å². The second kappa shape index (κ2) is 20.5. The molecule has 0 atom stereocenters. The van der Waals surface area contributed by atoms with E-state index < -0.39 is 10.1 Å². The highest BCUT2D eigenvalue weighted by Crippen LogP contribution is 2.15. The summed E-state index contributed by atoms with van der Waals surface area (Å²) in [6, 6.07) is 10.9. The molecular formula is C28H53NO3S. The Kier molecular flexibility index (Phi) is 19.9. The Hall–Kier alpha value is -0.910. The van der Waals surface area contributed by atoms with Crippen molar-refractivity contribution in [2.75, 3.05) is 26.9 Å². The topological polar surface area (TPSA) is 57.2 Å². The van der Waals surface area contributed by atoms with E-state index in [9.17, 15) is 0 Å². The van der Waals surface area contributed by atoms with E-state index in [1.54, 1.807) is 0 Å². The average Bonchev–Trinajstić information content (AvgIpc) is 2.72. The summed E-state index contributed by atoms with van der Waals surface area (Å²) < 4.78 is 28.3. The molecule has 0 fully saturated rings. The lowest BCUT2D eigenvalue weighted by Crippen LogP contribution is -2.39. The van der Waals surface area contributed by atoms with Gasteiger partial charge in [-0.25, -0.2) is 8.42 Å². The first-order valence-electron chi connectivity index (χ1n) is 13.4. The van der Waals surface area contributed by atoms with E-state index in [0.717, 1.165) is 11.0 Å². The number of unbranched alkanes of at least 4 members (excludes halogenated alkanes) is 15. The first kappa shape index (κ1) is 32.1. The highest BCUT2D eigenvalue weighted by molar-refractivity contribution is 7.84. The second-order valence-electron chi connectivity index (χ2n) is 10.3. The molecule has 0 N–H and O–H groups in total. The SMILES string of the molecule is CCCCCCCCCCCCCCCCCC[N+](C)(C)Cc1ccccc1.CS(=O)(=O)[O-]. The minimum Gasteiger partial charge on any atom is -0.748 e. The van der Waals surface area contributed by atoms with Crippen molar-refractivity contribution in [3.63, 3.8) is 0 Å². The van der Waals surface area contributed by atoms with E-state index in [1.807, 2.05) is 0 Å². The van der Waals surface area contributed by atoms with E-state index >= 15 is 0 Å². The zero-order valence-corrected chi connectivity index (χ0v) is 23.0. The number of rotatable bonds is 19. The Morgan fingerprint density at radius 2 is 1.00 bits per heavy atom. The Bertz CT molecular complexity index is 636. The molecular weight excluding hydrogens is 430 g/mol. The van der Waals surface area contributed by atoms with Gasteiger partial charge in [0.1, 0.15) is 6.54 Å². The summed E-state index contributed by atoms with van der Waals surface area (Å²) in [5.74, 6) is 0. The standard InChI is InChI=1S/C27H50N.CH4O3S/c1-4-5-6-7-8-9-10-11-12-13-14-15-16-17-18-22-25-28(2,3)26-27-23-20-19-21-24-27;1-5(2,3)4/h19-21,23-24H,4-18,22,25-26H2,1-3H3;1H3,(H,2,3,4)/q+1;/p-1. The maximum atomic E-state index is 9.08. The normalized spacial score (nSPS) is 11.8. The van der Waals surface area contributed by atoms with Crippen LogP contribution < -0.4 is 0 Å². The van der Waals surface area contributed by atoms with Crippen LogP contribution in [0.1, 0.15) is 115 Å². The second-order valence-corrected chi connectivity index (χ2v) is 11.7. The van der Waals surface area contributed by atoms with Crippen molar-refractivity contribution in [3.05, 3.63) is 35.9 Å². The first-order chi connectivity index (χ1) is 15.6. The van der Waals surface area contributed by atoms with Gasteiger partial charge in [-0.2, -0.15) is 0 Å². The molecule has 4 nitrogen and oxygen atoms in total. The molecule has 0 unspecified atom stereocenters. The lowest BCUT2D eigenvalue weighted by Gasteiger charge is -2.30. The zero-order chi connectivity index (χ0) is 24.8. The lowest BCUT2D eigenvalue weighted by atomic mass is 10.0. The number of hydrogen-bond donors (Lipinski definition) is 0. The predicted octanol–water partition coefficient (Wildman–Crippen LogP) is 7.69. The van der Waals surface area contributed by atoms with E-state index in [0.29, 0.717) is 6.26 Å². The monoisotopic (exact) mass is 483 g/mol.